The molecule has 1 unspecified atom stereocenters. The van der Waals surface area contributed by atoms with Gasteiger partial charge < -0.3 is 5.32 Å². The van der Waals surface area contributed by atoms with Gasteiger partial charge >= 0.3 is 0 Å². The number of hydrogen-bond donors (Lipinski definition) is 1. The molecule has 6 heteroatoms. The standard InChI is InChI=1S/C17H21BrN4S/c18-15-6-5-14(23-15)11-22-9-1-2-13(10-22)20-16-7-8-19-17(21-16)12-3-4-12/h5-8,12-13H,1-4,9-11H2,(H,19,20,21). The molecule has 2 aromatic rings. The molecule has 0 spiro atoms. The Balaban J connectivity index is 1.36. The second-order valence-corrected chi connectivity index (χ2v) is 9.05. The minimum atomic E-state index is 0.481. The molecule has 4 nitrogen and oxygen atoms in total. The van der Waals surface area contributed by atoms with Crippen LogP contribution < -0.4 is 5.32 Å². The van der Waals surface area contributed by atoms with Crippen molar-refractivity contribution in [2.45, 2.75) is 44.2 Å². The summed E-state index contributed by atoms with van der Waals surface area (Å²) in [7, 11) is 0. The summed E-state index contributed by atoms with van der Waals surface area (Å²) in [5, 5.41) is 3.63. The van der Waals surface area contributed by atoms with Crippen molar-refractivity contribution in [2.75, 3.05) is 18.4 Å². The van der Waals surface area contributed by atoms with Crippen LogP contribution in [0.2, 0.25) is 0 Å². The van der Waals surface area contributed by atoms with Gasteiger partial charge in [-0.2, -0.15) is 0 Å². The van der Waals surface area contributed by atoms with E-state index in [9.17, 15) is 0 Å². The minimum Gasteiger partial charge on any atom is -0.366 e. The highest BCUT2D eigenvalue weighted by Gasteiger charge is 2.27. The number of halogens is 1. The highest BCUT2D eigenvalue weighted by atomic mass is 79.9. The van der Waals surface area contributed by atoms with E-state index < -0.39 is 0 Å². The molecule has 1 atom stereocenters. The maximum atomic E-state index is 4.70. The lowest BCUT2D eigenvalue weighted by atomic mass is 10.1. The molecule has 2 aromatic heterocycles. The number of anilines is 1. The molecule has 23 heavy (non-hydrogen) atoms. The van der Waals surface area contributed by atoms with Crippen LogP contribution in [0.1, 0.15) is 42.3 Å². The molecule has 4 rings (SSSR count). The van der Waals surface area contributed by atoms with E-state index in [0.29, 0.717) is 12.0 Å². The van der Waals surface area contributed by atoms with Gasteiger partial charge in [0.15, 0.2) is 0 Å². The van der Waals surface area contributed by atoms with Gasteiger partial charge in [0.05, 0.1) is 3.79 Å². The highest BCUT2D eigenvalue weighted by Crippen LogP contribution is 2.38. The van der Waals surface area contributed by atoms with E-state index in [0.717, 1.165) is 24.7 Å². The summed E-state index contributed by atoms with van der Waals surface area (Å²) in [4.78, 5) is 13.1. The normalized spacial score (nSPS) is 22.2. The molecule has 3 heterocycles. The molecule has 122 valence electrons. The van der Waals surface area contributed by atoms with E-state index in [1.807, 2.05) is 23.6 Å². The fraction of sp³-hybridized carbons (Fsp3) is 0.529. The fourth-order valence-corrected chi connectivity index (χ4v) is 4.70. The monoisotopic (exact) mass is 392 g/mol. The molecular formula is C17H21BrN4S. The third-order valence-corrected chi connectivity index (χ3v) is 6.09. The van der Waals surface area contributed by atoms with Crippen molar-refractivity contribution in [3.8, 4) is 0 Å². The smallest absolute Gasteiger partial charge is 0.133 e. The number of likely N-dealkylation sites (tertiary alicyclic amines) is 1. The molecule has 2 fully saturated rings. The van der Waals surface area contributed by atoms with Gasteiger partial charge in [-0.05, 0) is 66.4 Å². The van der Waals surface area contributed by atoms with Crippen molar-refractivity contribution in [2.24, 2.45) is 0 Å². The first-order chi connectivity index (χ1) is 11.3. The van der Waals surface area contributed by atoms with Gasteiger partial charge in [0.2, 0.25) is 0 Å². The first kappa shape index (κ1) is 15.5. The maximum absolute atomic E-state index is 4.70. The van der Waals surface area contributed by atoms with E-state index >= 15 is 0 Å². The fourth-order valence-electron chi connectivity index (χ4n) is 3.18. The zero-order chi connectivity index (χ0) is 15.6. The van der Waals surface area contributed by atoms with Gasteiger partial charge in [0.1, 0.15) is 11.6 Å². The largest absolute Gasteiger partial charge is 0.366 e. The second-order valence-electron chi connectivity index (χ2n) is 6.50. The molecule has 0 amide bonds. The minimum absolute atomic E-state index is 0.481. The van der Waals surface area contributed by atoms with E-state index in [2.05, 4.69) is 43.3 Å². The molecule has 2 aliphatic rings. The first-order valence-corrected chi connectivity index (χ1v) is 9.93. The SMILES string of the molecule is Brc1ccc(CN2CCCC(Nc3ccnc(C4CC4)n3)C2)s1. The van der Waals surface area contributed by atoms with E-state index in [1.165, 1.54) is 40.9 Å². The number of aromatic nitrogens is 2. The van der Waals surface area contributed by atoms with Crippen LogP contribution in [0.3, 0.4) is 0 Å². The Morgan fingerprint density at radius 1 is 1.26 bits per heavy atom. The number of piperidine rings is 1. The number of rotatable bonds is 5. The summed E-state index contributed by atoms with van der Waals surface area (Å²) >= 11 is 5.38. The third kappa shape index (κ3) is 4.11. The van der Waals surface area contributed by atoms with Gasteiger partial charge in [0, 0.05) is 36.1 Å². The summed E-state index contributed by atoms with van der Waals surface area (Å²) in [6, 6.07) is 6.84. The molecule has 1 saturated carbocycles. The van der Waals surface area contributed by atoms with Crippen LogP contribution in [0, 0.1) is 0 Å². The predicted octanol–water partition coefficient (Wildman–Crippen LogP) is 4.25. The lowest BCUT2D eigenvalue weighted by Crippen LogP contribution is -2.41. The molecule has 1 aliphatic heterocycles. The average molecular weight is 393 g/mol. The Bertz CT molecular complexity index is 670. The number of hydrogen-bond acceptors (Lipinski definition) is 5. The second kappa shape index (κ2) is 6.87. The molecule has 1 N–H and O–H groups in total. The molecule has 0 bridgehead atoms. The first-order valence-electron chi connectivity index (χ1n) is 8.32. The van der Waals surface area contributed by atoms with Gasteiger partial charge in [-0.25, -0.2) is 9.97 Å². The van der Waals surface area contributed by atoms with Crippen LogP contribution in [0.4, 0.5) is 5.82 Å². The summed E-state index contributed by atoms with van der Waals surface area (Å²) in [6.45, 7) is 3.31. The van der Waals surface area contributed by atoms with Crippen LogP contribution in [-0.2, 0) is 6.54 Å². The summed E-state index contributed by atoms with van der Waals surface area (Å²) in [6.07, 6.45) is 6.85. The van der Waals surface area contributed by atoms with Crippen molar-refractivity contribution in [3.63, 3.8) is 0 Å². The van der Waals surface area contributed by atoms with Crippen LogP contribution >= 0.6 is 27.3 Å². The molecule has 1 aliphatic carbocycles. The Kier molecular flexibility index (Phi) is 4.64. The summed E-state index contributed by atoms with van der Waals surface area (Å²) in [5.41, 5.74) is 0. The molecule has 1 saturated heterocycles. The predicted molar refractivity (Wildman–Crippen MR) is 97.9 cm³/mol. The summed E-state index contributed by atoms with van der Waals surface area (Å²) in [5.74, 6) is 2.62. The summed E-state index contributed by atoms with van der Waals surface area (Å²) < 4.78 is 1.22. The lowest BCUT2D eigenvalue weighted by molar-refractivity contribution is 0.210. The number of nitrogens with zero attached hydrogens (tertiary/aromatic N) is 3. The number of thiophene rings is 1. The zero-order valence-corrected chi connectivity index (χ0v) is 15.4. The van der Waals surface area contributed by atoms with Crippen molar-refractivity contribution < 1.29 is 0 Å². The van der Waals surface area contributed by atoms with E-state index in [4.69, 9.17) is 4.98 Å². The number of nitrogens with one attached hydrogen (secondary N) is 1. The Labute approximate surface area is 149 Å². The zero-order valence-electron chi connectivity index (χ0n) is 13.0. The van der Waals surface area contributed by atoms with Crippen molar-refractivity contribution in [1.29, 1.82) is 0 Å². The van der Waals surface area contributed by atoms with Crippen molar-refractivity contribution in [1.82, 2.24) is 14.9 Å². The molecule has 0 aromatic carbocycles. The molecule has 0 radical (unpaired) electrons. The van der Waals surface area contributed by atoms with E-state index in [-0.39, 0.29) is 0 Å². The third-order valence-electron chi connectivity index (χ3n) is 4.48. The van der Waals surface area contributed by atoms with Crippen LogP contribution in [0.15, 0.2) is 28.2 Å². The van der Waals surface area contributed by atoms with Gasteiger partial charge in [-0.1, -0.05) is 0 Å². The Morgan fingerprint density at radius 3 is 2.96 bits per heavy atom. The average Bonchev–Trinajstić information content (AvgIpc) is 3.32. The quantitative estimate of drug-likeness (QED) is 0.825. The Hall–Kier alpha value is -0.980. The highest BCUT2D eigenvalue weighted by molar-refractivity contribution is 9.11. The van der Waals surface area contributed by atoms with Crippen LogP contribution in [0.5, 0.6) is 0 Å². The van der Waals surface area contributed by atoms with Crippen LogP contribution in [0.25, 0.3) is 0 Å². The molecular weight excluding hydrogens is 372 g/mol. The van der Waals surface area contributed by atoms with Gasteiger partial charge in [-0.3, -0.25) is 4.90 Å². The van der Waals surface area contributed by atoms with Gasteiger partial charge in [0.25, 0.3) is 0 Å². The topological polar surface area (TPSA) is 41.0 Å². The van der Waals surface area contributed by atoms with E-state index in [1.54, 1.807) is 0 Å². The Morgan fingerprint density at radius 2 is 2.17 bits per heavy atom. The maximum Gasteiger partial charge on any atom is 0.133 e. The van der Waals surface area contributed by atoms with Crippen molar-refractivity contribution >= 4 is 33.1 Å². The van der Waals surface area contributed by atoms with Crippen molar-refractivity contribution in [3.05, 3.63) is 38.9 Å². The lowest BCUT2D eigenvalue weighted by Gasteiger charge is -2.33. The van der Waals surface area contributed by atoms with Crippen LogP contribution in [-0.4, -0.2) is 34.0 Å². The van der Waals surface area contributed by atoms with Gasteiger partial charge in [-0.15, -0.1) is 11.3 Å².